The van der Waals surface area contributed by atoms with Crippen molar-refractivity contribution in [2.45, 2.75) is 26.2 Å². The van der Waals surface area contributed by atoms with E-state index in [4.69, 9.17) is 0 Å². The molecule has 0 amide bonds. The van der Waals surface area contributed by atoms with Gasteiger partial charge in [-0.25, -0.2) is 9.97 Å². The third-order valence-corrected chi connectivity index (χ3v) is 4.02. The van der Waals surface area contributed by atoms with Crippen molar-refractivity contribution < 1.29 is 0 Å². The molecule has 0 aliphatic rings. The molecule has 3 aromatic rings. The molecule has 4 nitrogen and oxygen atoms in total. The van der Waals surface area contributed by atoms with E-state index in [1.54, 1.807) is 11.3 Å². The highest BCUT2D eigenvalue weighted by molar-refractivity contribution is 7.13. The lowest BCUT2D eigenvalue weighted by Gasteiger charge is -2.18. The molecular weight excluding hydrogens is 268 g/mol. The first-order chi connectivity index (χ1) is 9.54. The zero-order chi connectivity index (χ0) is 14.2. The average molecular weight is 284 g/mol. The summed E-state index contributed by atoms with van der Waals surface area (Å²) in [5.74, 6) is 0.715. The lowest BCUT2D eigenvalue weighted by atomic mass is 9.86. The van der Waals surface area contributed by atoms with E-state index in [1.807, 2.05) is 5.38 Å². The van der Waals surface area contributed by atoms with Crippen molar-refractivity contribution in [1.82, 2.24) is 20.2 Å². The normalized spacial score (nSPS) is 11.8. The smallest absolute Gasteiger partial charge is 0.184 e. The van der Waals surface area contributed by atoms with Gasteiger partial charge in [0.25, 0.3) is 0 Å². The van der Waals surface area contributed by atoms with E-state index < -0.39 is 0 Å². The highest BCUT2D eigenvalue weighted by atomic mass is 32.1. The first-order valence-corrected chi connectivity index (χ1v) is 7.34. The van der Waals surface area contributed by atoms with Crippen molar-refractivity contribution in [2.75, 3.05) is 0 Å². The molecule has 0 unspecified atom stereocenters. The minimum Gasteiger partial charge on any atom is -0.257 e. The maximum Gasteiger partial charge on any atom is 0.184 e. The van der Waals surface area contributed by atoms with Gasteiger partial charge < -0.3 is 0 Å². The molecule has 0 aliphatic heterocycles. The van der Waals surface area contributed by atoms with E-state index in [0.29, 0.717) is 5.82 Å². The quantitative estimate of drug-likeness (QED) is 0.776. The predicted octanol–water partition coefficient (Wildman–Crippen LogP) is 3.89. The van der Waals surface area contributed by atoms with E-state index in [2.05, 4.69) is 65.2 Å². The molecule has 3 rings (SSSR count). The first kappa shape index (κ1) is 13.0. The number of aromatic nitrogens is 4. The fraction of sp³-hybridized carbons (Fsp3) is 0.267. The van der Waals surface area contributed by atoms with Crippen molar-refractivity contribution in [2.24, 2.45) is 0 Å². The van der Waals surface area contributed by atoms with E-state index in [-0.39, 0.29) is 5.41 Å². The maximum atomic E-state index is 4.60. The van der Waals surface area contributed by atoms with Crippen LogP contribution >= 0.6 is 11.3 Å². The minimum atomic E-state index is 0.172. The van der Waals surface area contributed by atoms with Crippen LogP contribution in [0.15, 0.2) is 36.0 Å². The van der Waals surface area contributed by atoms with Crippen LogP contribution in [0.4, 0.5) is 0 Å². The number of nitrogens with one attached hydrogen (secondary N) is 1. The topological polar surface area (TPSA) is 54.5 Å². The first-order valence-electron chi connectivity index (χ1n) is 6.46. The molecule has 5 heteroatoms. The minimum absolute atomic E-state index is 0.172. The summed E-state index contributed by atoms with van der Waals surface area (Å²) < 4.78 is 0. The maximum absolute atomic E-state index is 4.60. The van der Waals surface area contributed by atoms with Crippen LogP contribution in [0, 0.1) is 0 Å². The molecule has 0 saturated heterocycles. The molecule has 0 aliphatic carbocycles. The molecule has 0 radical (unpaired) electrons. The van der Waals surface area contributed by atoms with Gasteiger partial charge in [-0.3, -0.25) is 5.10 Å². The Kier molecular flexibility index (Phi) is 3.14. The third kappa shape index (κ3) is 2.49. The Morgan fingerprint density at radius 1 is 1.10 bits per heavy atom. The highest BCUT2D eigenvalue weighted by Crippen LogP contribution is 2.29. The van der Waals surface area contributed by atoms with Gasteiger partial charge in [0.05, 0.1) is 5.69 Å². The van der Waals surface area contributed by atoms with Crippen molar-refractivity contribution in [1.29, 1.82) is 0 Å². The van der Waals surface area contributed by atoms with Gasteiger partial charge in [-0.05, 0) is 11.0 Å². The standard InChI is InChI=1S/C15H16N4S/c1-15(2,3)11-6-4-10(5-7-11)12-8-20-14(18-12)13-16-9-17-19-13/h4-9H,1-3H3,(H,16,17,19). The Morgan fingerprint density at radius 2 is 1.85 bits per heavy atom. The average Bonchev–Trinajstić information content (AvgIpc) is 3.09. The molecule has 0 bridgehead atoms. The Balaban J connectivity index is 1.90. The van der Waals surface area contributed by atoms with Crippen molar-refractivity contribution >= 4 is 11.3 Å². The molecule has 20 heavy (non-hydrogen) atoms. The van der Waals surface area contributed by atoms with Gasteiger partial charge in [0, 0.05) is 10.9 Å². The van der Waals surface area contributed by atoms with E-state index >= 15 is 0 Å². The SMILES string of the molecule is CC(C)(C)c1ccc(-c2csc(-c3ncn[nH]3)n2)cc1. The Hall–Kier alpha value is -2.01. The summed E-state index contributed by atoms with van der Waals surface area (Å²) in [6, 6.07) is 8.59. The molecule has 0 atom stereocenters. The second kappa shape index (κ2) is 4.83. The predicted molar refractivity (Wildman–Crippen MR) is 81.6 cm³/mol. The summed E-state index contributed by atoms with van der Waals surface area (Å²) in [4.78, 5) is 8.72. The number of rotatable bonds is 2. The van der Waals surface area contributed by atoms with Crippen LogP contribution in [0.3, 0.4) is 0 Å². The second-order valence-electron chi connectivity index (χ2n) is 5.70. The number of benzene rings is 1. The number of aromatic amines is 1. The van der Waals surface area contributed by atoms with Crippen LogP contribution < -0.4 is 0 Å². The van der Waals surface area contributed by atoms with E-state index in [1.165, 1.54) is 11.9 Å². The molecule has 0 spiro atoms. The number of thiazole rings is 1. The van der Waals surface area contributed by atoms with E-state index in [9.17, 15) is 0 Å². The van der Waals surface area contributed by atoms with Crippen LogP contribution in [0.25, 0.3) is 22.1 Å². The molecule has 1 aromatic carbocycles. The molecule has 0 fully saturated rings. The molecule has 0 saturated carbocycles. The van der Waals surface area contributed by atoms with Crippen LogP contribution in [0.1, 0.15) is 26.3 Å². The summed E-state index contributed by atoms with van der Waals surface area (Å²) in [6.45, 7) is 6.65. The number of H-pyrrole nitrogens is 1. The highest BCUT2D eigenvalue weighted by Gasteiger charge is 2.14. The van der Waals surface area contributed by atoms with Gasteiger partial charge in [-0.2, -0.15) is 5.10 Å². The van der Waals surface area contributed by atoms with Crippen LogP contribution in [-0.2, 0) is 5.41 Å². The fourth-order valence-corrected chi connectivity index (χ4v) is 2.74. The lowest BCUT2D eigenvalue weighted by Crippen LogP contribution is -2.10. The van der Waals surface area contributed by atoms with Crippen LogP contribution in [-0.4, -0.2) is 20.2 Å². The monoisotopic (exact) mass is 284 g/mol. The summed E-state index contributed by atoms with van der Waals surface area (Å²) in [5, 5.41) is 9.59. The largest absolute Gasteiger partial charge is 0.257 e. The third-order valence-electron chi connectivity index (χ3n) is 3.17. The summed E-state index contributed by atoms with van der Waals surface area (Å²) in [5.41, 5.74) is 3.60. The van der Waals surface area contributed by atoms with Crippen molar-refractivity contribution in [3.63, 3.8) is 0 Å². The second-order valence-corrected chi connectivity index (χ2v) is 6.56. The van der Waals surface area contributed by atoms with Gasteiger partial charge in [0.2, 0.25) is 0 Å². The van der Waals surface area contributed by atoms with E-state index in [0.717, 1.165) is 16.3 Å². The Bertz CT molecular complexity index is 690. The summed E-state index contributed by atoms with van der Waals surface area (Å²) in [7, 11) is 0. The van der Waals surface area contributed by atoms with Crippen molar-refractivity contribution in [3.05, 3.63) is 41.5 Å². The van der Waals surface area contributed by atoms with Crippen LogP contribution in [0.2, 0.25) is 0 Å². The van der Waals surface area contributed by atoms with Crippen LogP contribution in [0.5, 0.6) is 0 Å². The number of nitrogens with zero attached hydrogens (tertiary/aromatic N) is 3. The van der Waals surface area contributed by atoms with Gasteiger partial charge in [-0.1, -0.05) is 45.0 Å². The van der Waals surface area contributed by atoms with Gasteiger partial charge in [0.15, 0.2) is 10.8 Å². The van der Waals surface area contributed by atoms with Gasteiger partial charge in [-0.15, -0.1) is 11.3 Å². The zero-order valence-electron chi connectivity index (χ0n) is 11.7. The molecule has 2 aromatic heterocycles. The summed E-state index contributed by atoms with van der Waals surface area (Å²) in [6.07, 6.45) is 1.49. The molecular formula is C15H16N4S. The molecule has 1 N–H and O–H groups in total. The van der Waals surface area contributed by atoms with Crippen molar-refractivity contribution in [3.8, 4) is 22.1 Å². The molecule has 102 valence electrons. The Labute approximate surface area is 121 Å². The Morgan fingerprint density at radius 3 is 2.45 bits per heavy atom. The number of hydrogen-bond acceptors (Lipinski definition) is 4. The van der Waals surface area contributed by atoms with Gasteiger partial charge >= 0.3 is 0 Å². The lowest BCUT2D eigenvalue weighted by molar-refractivity contribution is 0.590. The zero-order valence-corrected chi connectivity index (χ0v) is 12.5. The van der Waals surface area contributed by atoms with Gasteiger partial charge in [0.1, 0.15) is 6.33 Å². The number of hydrogen-bond donors (Lipinski definition) is 1. The fourth-order valence-electron chi connectivity index (χ4n) is 1.96. The summed E-state index contributed by atoms with van der Waals surface area (Å²) >= 11 is 1.57. The molecule has 2 heterocycles.